The number of nitrogens with one attached hydrogen (secondary N) is 2. The summed E-state index contributed by atoms with van der Waals surface area (Å²) in [5.41, 5.74) is 3.39. The number of hydrogen-bond acceptors (Lipinski definition) is 5. The Morgan fingerprint density at radius 3 is 2.18 bits per heavy atom. The fourth-order valence-corrected chi connectivity index (χ4v) is 6.64. The molecule has 2 N–H and O–H groups in total. The van der Waals surface area contributed by atoms with Crippen LogP contribution in [0.2, 0.25) is 0 Å². The van der Waals surface area contributed by atoms with Crippen LogP contribution in [0.5, 0.6) is 0 Å². The summed E-state index contributed by atoms with van der Waals surface area (Å²) >= 11 is 4.89. The Balaban J connectivity index is 1.22. The molecule has 198 valence electrons. The minimum atomic E-state index is -3.77. The summed E-state index contributed by atoms with van der Waals surface area (Å²) in [5, 5.41) is 2.69. The summed E-state index contributed by atoms with van der Waals surface area (Å²) in [6.45, 7) is 0.532. The molecule has 0 unspecified atom stereocenters. The van der Waals surface area contributed by atoms with E-state index < -0.39 is 10.0 Å². The van der Waals surface area contributed by atoms with Gasteiger partial charge in [-0.2, -0.15) is 0 Å². The Morgan fingerprint density at radius 2 is 1.51 bits per heavy atom. The molecule has 5 rings (SSSR count). The molecule has 39 heavy (non-hydrogen) atoms. The SMILES string of the molecule is O=C(Nc1ccc(S(=O)(=O)Nc2ccc(Br)cc2)cc1)c1ccc([C@@H]2SCC(=O)N2Cc2ccccc2)cc1. The zero-order chi connectivity index (χ0) is 27.4. The maximum atomic E-state index is 12.8. The van der Waals surface area contributed by atoms with Gasteiger partial charge in [0, 0.05) is 28.0 Å². The van der Waals surface area contributed by atoms with Crippen molar-refractivity contribution >= 4 is 60.9 Å². The minimum absolute atomic E-state index is 0.0800. The molecule has 10 heteroatoms. The van der Waals surface area contributed by atoms with Crippen LogP contribution in [0.3, 0.4) is 0 Å². The van der Waals surface area contributed by atoms with Gasteiger partial charge in [0.15, 0.2) is 0 Å². The van der Waals surface area contributed by atoms with Crippen molar-refractivity contribution in [3.05, 3.63) is 124 Å². The average Bonchev–Trinajstić information content (AvgIpc) is 3.30. The van der Waals surface area contributed by atoms with Crippen LogP contribution in [-0.2, 0) is 21.4 Å². The number of amides is 2. The Kier molecular flexibility index (Phi) is 8.06. The highest BCUT2D eigenvalue weighted by molar-refractivity contribution is 9.10. The van der Waals surface area contributed by atoms with E-state index in [-0.39, 0.29) is 22.1 Å². The smallest absolute Gasteiger partial charge is 0.261 e. The molecule has 1 aliphatic rings. The quantitative estimate of drug-likeness (QED) is 0.241. The monoisotopic (exact) mass is 621 g/mol. The largest absolute Gasteiger partial charge is 0.322 e. The van der Waals surface area contributed by atoms with Crippen LogP contribution in [-0.4, -0.2) is 30.9 Å². The zero-order valence-corrected chi connectivity index (χ0v) is 23.8. The summed E-state index contributed by atoms with van der Waals surface area (Å²) in [5.74, 6) is 0.194. The summed E-state index contributed by atoms with van der Waals surface area (Å²) in [6.07, 6.45) is 0. The Hall–Kier alpha value is -3.60. The van der Waals surface area contributed by atoms with E-state index in [0.29, 0.717) is 29.2 Å². The second-order valence-electron chi connectivity index (χ2n) is 8.88. The molecule has 4 aromatic rings. The molecule has 1 atom stereocenters. The van der Waals surface area contributed by atoms with E-state index in [1.807, 2.05) is 47.4 Å². The molecule has 0 aromatic heterocycles. The normalized spacial score (nSPS) is 15.3. The van der Waals surface area contributed by atoms with Gasteiger partial charge in [0.1, 0.15) is 5.37 Å². The van der Waals surface area contributed by atoms with E-state index in [1.54, 1.807) is 60.3 Å². The van der Waals surface area contributed by atoms with Crippen LogP contribution in [0.1, 0.15) is 26.9 Å². The van der Waals surface area contributed by atoms with Gasteiger partial charge < -0.3 is 10.2 Å². The number of carbonyl (C=O) groups excluding carboxylic acids is 2. The third-order valence-electron chi connectivity index (χ3n) is 6.14. The van der Waals surface area contributed by atoms with Gasteiger partial charge in [-0.05, 0) is 71.8 Å². The second kappa shape index (κ2) is 11.6. The number of thioether (sulfide) groups is 1. The van der Waals surface area contributed by atoms with Crippen molar-refractivity contribution < 1.29 is 18.0 Å². The van der Waals surface area contributed by atoms with Gasteiger partial charge in [0.05, 0.1) is 10.6 Å². The zero-order valence-electron chi connectivity index (χ0n) is 20.6. The van der Waals surface area contributed by atoms with Crippen molar-refractivity contribution in [1.82, 2.24) is 4.90 Å². The Labute approximate surface area is 239 Å². The summed E-state index contributed by atoms with van der Waals surface area (Å²) in [7, 11) is -3.77. The Morgan fingerprint density at radius 1 is 0.872 bits per heavy atom. The van der Waals surface area contributed by atoms with Crippen molar-refractivity contribution in [2.24, 2.45) is 0 Å². The molecule has 7 nitrogen and oxygen atoms in total. The van der Waals surface area contributed by atoms with Gasteiger partial charge in [-0.15, -0.1) is 11.8 Å². The van der Waals surface area contributed by atoms with E-state index in [4.69, 9.17) is 0 Å². The predicted octanol–water partition coefficient (Wildman–Crippen LogP) is 6.28. The van der Waals surface area contributed by atoms with E-state index >= 15 is 0 Å². The number of carbonyl (C=O) groups is 2. The van der Waals surface area contributed by atoms with Gasteiger partial charge in [-0.25, -0.2) is 8.42 Å². The molecular formula is C29H24BrN3O4S2. The first-order valence-electron chi connectivity index (χ1n) is 12.0. The lowest BCUT2D eigenvalue weighted by Crippen LogP contribution is -2.27. The van der Waals surface area contributed by atoms with Crippen molar-refractivity contribution in [3.8, 4) is 0 Å². The molecule has 1 aliphatic heterocycles. The van der Waals surface area contributed by atoms with Crippen LogP contribution >= 0.6 is 27.7 Å². The third kappa shape index (κ3) is 6.52. The van der Waals surface area contributed by atoms with Gasteiger partial charge in [-0.1, -0.05) is 58.4 Å². The molecule has 0 radical (unpaired) electrons. The molecule has 0 saturated carbocycles. The number of sulfonamides is 1. The number of halogens is 1. The van der Waals surface area contributed by atoms with Gasteiger partial charge in [0.25, 0.3) is 15.9 Å². The molecule has 0 aliphatic carbocycles. The second-order valence-corrected chi connectivity index (χ2v) is 12.6. The predicted molar refractivity (Wildman–Crippen MR) is 158 cm³/mol. The molecular weight excluding hydrogens is 598 g/mol. The third-order valence-corrected chi connectivity index (χ3v) is 9.32. The van der Waals surface area contributed by atoms with Gasteiger partial charge in [0.2, 0.25) is 5.91 Å². The fraction of sp³-hybridized carbons (Fsp3) is 0.103. The number of benzene rings is 4. The van der Waals surface area contributed by atoms with Crippen molar-refractivity contribution in [3.63, 3.8) is 0 Å². The van der Waals surface area contributed by atoms with Crippen molar-refractivity contribution in [1.29, 1.82) is 0 Å². The molecule has 0 bridgehead atoms. The lowest BCUT2D eigenvalue weighted by Gasteiger charge is -2.24. The lowest BCUT2D eigenvalue weighted by atomic mass is 10.1. The summed E-state index contributed by atoms with van der Waals surface area (Å²) in [4.78, 5) is 27.3. The molecule has 4 aromatic carbocycles. The number of nitrogens with zero attached hydrogens (tertiary/aromatic N) is 1. The first-order chi connectivity index (χ1) is 18.8. The highest BCUT2D eigenvalue weighted by Crippen LogP contribution is 2.39. The van der Waals surface area contributed by atoms with Gasteiger partial charge in [-0.3, -0.25) is 14.3 Å². The van der Waals surface area contributed by atoms with Crippen molar-refractivity contribution in [2.75, 3.05) is 15.8 Å². The molecule has 1 fully saturated rings. The van der Waals surface area contributed by atoms with Crippen LogP contribution < -0.4 is 10.0 Å². The number of anilines is 2. The van der Waals surface area contributed by atoms with Crippen LogP contribution in [0.15, 0.2) is 112 Å². The highest BCUT2D eigenvalue weighted by atomic mass is 79.9. The van der Waals surface area contributed by atoms with E-state index in [2.05, 4.69) is 26.0 Å². The fourth-order valence-electron chi connectivity index (χ4n) is 4.13. The Bertz CT molecular complexity index is 1580. The van der Waals surface area contributed by atoms with Crippen molar-refractivity contribution in [2.45, 2.75) is 16.8 Å². The lowest BCUT2D eigenvalue weighted by molar-refractivity contribution is -0.128. The summed E-state index contributed by atoms with van der Waals surface area (Å²) in [6, 6.07) is 29.8. The molecule has 1 heterocycles. The minimum Gasteiger partial charge on any atom is -0.322 e. The van der Waals surface area contributed by atoms with E-state index in [0.717, 1.165) is 15.6 Å². The average molecular weight is 623 g/mol. The standard InChI is InChI=1S/C29H24BrN3O4S2/c30-23-10-12-25(13-11-23)32-39(36,37)26-16-14-24(15-17-26)31-28(35)21-6-8-22(9-7-21)29-33(27(34)19-38-29)18-20-4-2-1-3-5-20/h1-17,29,32H,18-19H2,(H,31,35)/t29-/m0/s1. The summed E-state index contributed by atoms with van der Waals surface area (Å²) < 4.78 is 28.8. The van der Waals surface area contributed by atoms with Crippen LogP contribution in [0.25, 0.3) is 0 Å². The first-order valence-corrected chi connectivity index (χ1v) is 15.4. The van der Waals surface area contributed by atoms with Gasteiger partial charge >= 0.3 is 0 Å². The topological polar surface area (TPSA) is 95.6 Å². The highest BCUT2D eigenvalue weighted by Gasteiger charge is 2.32. The number of hydrogen-bond donors (Lipinski definition) is 2. The van der Waals surface area contributed by atoms with Crippen LogP contribution in [0.4, 0.5) is 11.4 Å². The molecule has 1 saturated heterocycles. The number of rotatable bonds is 8. The maximum absolute atomic E-state index is 12.8. The van der Waals surface area contributed by atoms with E-state index in [1.165, 1.54) is 12.1 Å². The molecule has 2 amide bonds. The first kappa shape index (κ1) is 27.0. The van der Waals surface area contributed by atoms with E-state index in [9.17, 15) is 18.0 Å². The van der Waals surface area contributed by atoms with Crippen LogP contribution in [0, 0.1) is 0 Å². The maximum Gasteiger partial charge on any atom is 0.261 e. The molecule has 0 spiro atoms.